The summed E-state index contributed by atoms with van der Waals surface area (Å²) in [7, 11) is 0. The monoisotopic (exact) mass is 396 g/mol. The van der Waals surface area contributed by atoms with Crippen molar-refractivity contribution >= 4 is 29.1 Å². The third-order valence-corrected chi connectivity index (χ3v) is 4.45. The number of anilines is 1. The zero-order valence-corrected chi connectivity index (χ0v) is 15.9. The molecule has 0 atom stereocenters. The second-order valence-electron chi connectivity index (χ2n) is 6.33. The van der Waals surface area contributed by atoms with E-state index >= 15 is 0 Å². The largest absolute Gasteiger partial charge is 0.348 e. The lowest BCUT2D eigenvalue weighted by molar-refractivity contribution is 0.0949. The maximum absolute atomic E-state index is 13.2. The number of hydrogen-bond acceptors (Lipinski definition) is 2. The number of hydrogen-bond donors (Lipinski definition) is 2. The number of rotatable bonds is 5. The van der Waals surface area contributed by atoms with Crippen molar-refractivity contribution in [2.24, 2.45) is 0 Å². The van der Waals surface area contributed by atoms with Crippen molar-refractivity contribution in [2.45, 2.75) is 13.5 Å². The van der Waals surface area contributed by atoms with Crippen LogP contribution in [0.1, 0.15) is 31.8 Å². The third-order valence-electron chi connectivity index (χ3n) is 4.16. The van der Waals surface area contributed by atoms with Crippen LogP contribution in [0.5, 0.6) is 0 Å². The molecule has 3 aromatic rings. The Morgan fingerprint density at radius 3 is 2.11 bits per heavy atom. The summed E-state index contributed by atoms with van der Waals surface area (Å²) >= 11 is 5.71. The molecule has 0 aliphatic rings. The minimum Gasteiger partial charge on any atom is -0.348 e. The Morgan fingerprint density at radius 2 is 1.50 bits per heavy atom. The van der Waals surface area contributed by atoms with Gasteiger partial charge in [0.15, 0.2) is 0 Å². The van der Waals surface area contributed by atoms with E-state index < -0.39 is 5.82 Å². The van der Waals surface area contributed by atoms with Crippen LogP contribution in [-0.2, 0) is 6.54 Å². The average Bonchev–Trinajstić information content (AvgIpc) is 2.70. The van der Waals surface area contributed by atoms with Crippen molar-refractivity contribution in [1.29, 1.82) is 0 Å². The normalized spacial score (nSPS) is 10.4. The molecule has 142 valence electrons. The van der Waals surface area contributed by atoms with Gasteiger partial charge in [-0.2, -0.15) is 0 Å². The highest BCUT2D eigenvalue weighted by Gasteiger charge is 2.10. The summed E-state index contributed by atoms with van der Waals surface area (Å²) in [6.45, 7) is 2.43. The molecule has 2 amide bonds. The Kier molecular flexibility index (Phi) is 6.06. The molecular weight excluding hydrogens is 379 g/mol. The van der Waals surface area contributed by atoms with Gasteiger partial charge in [0.1, 0.15) is 5.82 Å². The molecule has 2 N–H and O–H groups in total. The van der Waals surface area contributed by atoms with E-state index in [0.717, 1.165) is 11.1 Å². The first-order valence-corrected chi connectivity index (χ1v) is 9.00. The van der Waals surface area contributed by atoms with Crippen molar-refractivity contribution < 1.29 is 14.0 Å². The smallest absolute Gasteiger partial charge is 0.255 e. The second kappa shape index (κ2) is 8.67. The Labute approximate surface area is 167 Å². The molecule has 0 heterocycles. The number of benzene rings is 3. The van der Waals surface area contributed by atoms with Crippen molar-refractivity contribution in [3.63, 3.8) is 0 Å². The molecule has 0 saturated heterocycles. The van der Waals surface area contributed by atoms with Gasteiger partial charge in [-0.1, -0.05) is 41.4 Å². The van der Waals surface area contributed by atoms with Crippen LogP contribution in [0.4, 0.5) is 10.1 Å². The molecule has 0 aromatic heterocycles. The van der Waals surface area contributed by atoms with E-state index in [4.69, 9.17) is 11.6 Å². The Morgan fingerprint density at radius 1 is 0.893 bits per heavy atom. The van der Waals surface area contributed by atoms with E-state index in [9.17, 15) is 14.0 Å². The Hall–Kier alpha value is -3.18. The maximum atomic E-state index is 13.2. The first-order valence-electron chi connectivity index (χ1n) is 8.62. The minimum absolute atomic E-state index is 0.0709. The van der Waals surface area contributed by atoms with E-state index in [1.807, 2.05) is 31.2 Å². The Balaban J connectivity index is 1.60. The highest BCUT2D eigenvalue weighted by molar-refractivity contribution is 6.31. The first kappa shape index (κ1) is 19.6. The molecule has 0 radical (unpaired) electrons. The molecule has 0 bridgehead atoms. The van der Waals surface area contributed by atoms with Crippen LogP contribution in [0.3, 0.4) is 0 Å². The molecule has 0 spiro atoms. The number of carbonyl (C=O) groups is 2. The summed E-state index contributed by atoms with van der Waals surface area (Å²) in [5.74, 6) is -1.16. The number of nitrogens with one attached hydrogen (secondary N) is 2. The Bertz CT molecular complexity index is 1000. The lowest BCUT2D eigenvalue weighted by atomic mass is 10.1. The molecule has 6 heteroatoms. The first-order chi connectivity index (χ1) is 13.4. The fourth-order valence-corrected chi connectivity index (χ4v) is 2.72. The van der Waals surface area contributed by atoms with Gasteiger partial charge in [-0.3, -0.25) is 9.59 Å². The average molecular weight is 397 g/mol. The summed E-state index contributed by atoms with van der Waals surface area (Å²) < 4.78 is 13.2. The quantitative estimate of drug-likeness (QED) is 0.639. The van der Waals surface area contributed by atoms with E-state index in [1.165, 1.54) is 18.2 Å². The van der Waals surface area contributed by atoms with Crippen molar-refractivity contribution in [3.05, 3.63) is 99.8 Å². The number of carbonyl (C=O) groups excluding carboxylic acids is 2. The van der Waals surface area contributed by atoms with E-state index in [-0.39, 0.29) is 16.8 Å². The zero-order valence-electron chi connectivity index (χ0n) is 15.1. The molecule has 4 nitrogen and oxygen atoms in total. The second-order valence-corrected chi connectivity index (χ2v) is 6.74. The van der Waals surface area contributed by atoms with E-state index in [1.54, 1.807) is 24.3 Å². The third kappa shape index (κ3) is 4.96. The molecule has 0 fully saturated rings. The molecule has 0 unspecified atom stereocenters. The number of amides is 2. The van der Waals surface area contributed by atoms with Gasteiger partial charge >= 0.3 is 0 Å². The summed E-state index contributed by atoms with van der Waals surface area (Å²) in [6.07, 6.45) is 0. The molecule has 0 aliphatic heterocycles. The van der Waals surface area contributed by atoms with Crippen molar-refractivity contribution in [3.8, 4) is 0 Å². The van der Waals surface area contributed by atoms with E-state index in [0.29, 0.717) is 23.4 Å². The van der Waals surface area contributed by atoms with Gasteiger partial charge in [-0.25, -0.2) is 4.39 Å². The van der Waals surface area contributed by atoms with Crippen LogP contribution in [0, 0.1) is 12.7 Å². The van der Waals surface area contributed by atoms with Gasteiger partial charge in [-0.05, 0) is 55.0 Å². The van der Waals surface area contributed by atoms with Crippen LogP contribution in [0.2, 0.25) is 5.02 Å². The standard InChI is InChI=1S/C22H18ClFN2O2/c1-14-2-4-15(5-3-14)13-25-21(27)16-6-8-17(9-7-16)22(28)26-18-10-11-20(24)19(23)12-18/h2-12H,13H2,1H3,(H,25,27)(H,26,28). The topological polar surface area (TPSA) is 58.2 Å². The highest BCUT2D eigenvalue weighted by atomic mass is 35.5. The molecule has 0 saturated carbocycles. The molecular formula is C22H18ClFN2O2. The van der Waals surface area contributed by atoms with Gasteiger partial charge in [0.05, 0.1) is 5.02 Å². The van der Waals surface area contributed by atoms with E-state index in [2.05, 4.69) is 10.6 Å². The maximum Gasteiger partial charge on any atom is 0.255 e. The van der Waals surface area contributed by atoms with Crippen LogP contribution in [0.15, 0.2) is 66.7 Å². The van der Waals surface area contributed by atoms with Gasteiger partial charge in [0, 0.05) is 23.4 Å². The summed E-state index contributed by atoms with van der Waals surface area (Å²) in [6, 6.07) is 18.1. The highest BCUT2D eigenvalue weighted by Crippen LogP contribution is 2.20. The van der Waals surface area contributed by atoms with Crippen LogP contribution < -0.4 is 10.6 Å². The predicted octanol–water partition coefficient (Wildman–Crippen LogP) is 4.97. The van der Waals surface area contributed by atoms with Gasteiger partial charge in [0.25, 0.3) is 11.8 Å². The summed E-state index contributed by atoms with van der Waals surface area (Å²) in [5, 5.41) is 5.41. The fourth-order valence-electron chi connectivity index (χ4n) is 2.54. The molecule has 0 aliphatic carbocycles. The SMILES string of the molecule is Cc1ccc(CNC(=O)c2ccc(C(=O)Nc3ccc(F)c(Cl)c3)cc2)cc1. The molecule has 3 aromatic carbocycles. The lowest BCUT2D eigenvalue weighted by Crippen LogP contribution is -2.23. The predicted molar refractivity (Wildman–Crippen MR) is 108 cm³/mol. The molecule has 3 rings (SSSR count). The van der Waals surface area contributed by atoms with Gasteiger partial charge in [-0.15, -0.1) is 0 Å². The minimum atomic E-state index is -0.555. The number of halogens is 2. The van der Waals surface area contributed by atoms with Crippen LogP contribution >= 0.6 is 11.6 Å². The van der Waals surface area contributed by atoms with Crippen molar-refractivity contribution in [1.82, 2.24) is 5.32 Å². The van der Waals surface area contributed by atoms with Crippen LogP contribution in [-0.4, -0.2) is 11.8 Å². The van der Waals surface area contributed by atoms with Gasteiger partial charge < -0.3 is 10.6 Å². The summed E-state index contributed by atoms with van der Waals surface area (Å²) in [5.41, 5.74) is 3.38. The lowest BCUT2D eigenvalue weighted by Gasteiger charge is -2.08. The number of aryl methyl sites for hydroxylation is 1. The van der Waals surface area contributed by atoms with Gasteiger partial charge in [0.2, 0.25) is 0 Å². The zero-order chi connectivity index (χ0) is 20.1. The van der Waals surface area contributed by atoms with Crippen LogP contribution in [0.25, 0.3) is 0 Å². The van der Waals surface area contributed by atoms with Crippen molar-refractivity contribution in [2.75, 3.05) is 5.32 Å². The molecule has 28 heavy (non-hydrogen) atoms. The fraction of sp³-hybridized carbons (Fsp3) is 0.0909. The summed E-state index contributed by atoms with van der Waals surface area (Å²) in [4.78, 5) is 24.5.